The summed E-state index contributed by atoms with van der Waals surface area (Å²) >= 11 is 0. The fraction of sp³-hybridized carbons (Fsp3) is 0.333. The van der Waals surface area contributed by atoms with E-state index in [2.05, 4.69) is 10.3 Å². The summed E-state index contributed by atoms with van der Waals surface area (Å²) in [5, 5.41) is 2.90. The van der Waals surface area contributed by atoms with Crippen LogP contribution < -0.4 is 11.1 Å². The van der Waals surface area contributed by atoms with Crippen LogP contribution in [0.25, 0.3) is 0 Å². The Bertz CT molecular complexity index is 563. The molecule has 0 aliphatic heterocycles. The highest BCUT2D eigenvalue weighted by Crippen LogP contribution is 2.13. The number of nitrogen functional groups attached to an aromatic ring is 1. The Kier molecular flexibility index (Phi) is 4.76. The highest BCUT2D eigenvalue weighted by molar-refractivity contribution is 5.99. The number of nitrogens with one attached hydrogen (secondary N) is 1. The number of aryl methyl sites for hydroxylation is 2. The van der Waals surface area contributed by atoms with Crippen molar-refractivity contribution in [3.63, 3.8) is 0 Å². The van der Waals surface area contributed by atoms with Gasteiger partial charge in [0.2, 0.25) is 0 Å². The number of aromatic nitrogens is 2. The van der Waals surface area contributed by atoms with Crippen LogP contribution in [0, 0.1) is 6.92 Å². The molecule has 106 valence electrons. The maximum Gasteiger partial charge on any atom is 0.253 e. The monoisotopic (exact) mass is 272 g/mol. The number of nitrogens with two attached hydrogens (primary N) is 1. The zero-order valence-corrected chi connectivity index (χ0v) is 11.7. The molecule has 0 aliphatic rings. The molecule has 0 radical (unpaired) electrons. The average molecular weight is 272 g/mol. The lowest BCUT2D eigenvalue weighted by molar-refractivity contribution is 0.0953. The van der Waals surface area contributed by atoms with Crippen LogP contribution in [0.1, 0.15) is 28.8 Å². The normalized spacial score (nSPS) is 10.4. The number of benzene rings is 1. The van der Waals surface area contributed by atoms with Crippen LogP contribution in [-0.2, 0) is 6.54 Å². The van der Waals surface area contributed by atoms with Gasteiger partial charge in [0.15, 0.2) is 0 Å². The number of carbonyl (C=O) groups excluding carboxylic acids is 1. The maximum atomic E-state index is 12.0. The van der Waals surface area contributed by atoms with Gasteiger partial charge in [0.25, 0.3) is 5.91 Å². The summed E-state index contributed by atoms with van der Waals surface area (Å²) in [4.78, 5) is 16.0. The van der Waals surface area contributed by atoms with E-state index in [1.54, 1.807) is 18.6 Å². The smallest absolute Gasteiger partial charge is 0.253 e. The van der Waals surface area contributed by atoms with Crippen molar-refractivity contribution in [1.82, 2.24) is 14.9 Å². The number of anilines is 1. The standard InChI is InChI=1S/C15H20N4O/c1-12-4-5-14(16)13(10-12)15(20)18-6-2-3-8-19-9-7-17-11-19/h4-5,7,9-11H,2-3,6,8,16H2,1H3,(H,18,20). The first-order valence-corrected chi connectivity index (χ1v) is 6.77. The van der Waals surface area contributed by atoms with Gasteiger partial charge in [-0.25, -0.2) is 4.98 Å². The molecule has 1 amide bonds. The van der Waals surface area contributed by atoms with Gasteiger partial charge in [-0.05, 0) is 31.9 Å². The van der Waals surface area contributed by atoms with Gasteiger partial charge in [0.05, 0.1) is 11.9 Å². The second-order valence-electron chi connectivity index (χ2n) is 4.85. The van der Waals surface area contributed by atoms with Gasteiger partial charge in [-0.2, -0.15) is 0 Å². The van der Waals surface area contributed by atoms with Crippen LogP contribution in [0.2, 0.25) is 0 Å². The predicted octanol–water partition coefficient (Wildman–Crippen LogP) is 1.98. The van der Waals surface area contributed by atoms with Crippen molar-refractivity contribution in [2.75, 3.05) is 12.3 Å². The van der Waals surface area contributed by atoms with Gasteiger partial charge in [-0.3, -0.25) is 4.79 Å². The van der Waals surface area contributed by atoms with Crippen molar-refractivity contribution in [3.05, 3.63) is 48.0 Å². The lowest BCUT2D eigenvalue weighted by Crippen LogP contribution is -2.25. The molecule has 0 spiro atoms. The number of rotatable bonds is 6. The second-order valence-corrected chi connectivity index (χ2v) is 4.85. The predicted molar refractivity (Wildman–Crippen MR) is 79.4 cm³/mol. The number of hydrogen-bond donors (Lipinski definition) is 2. The van der Waals surface area contributed by atoms with Crippen molar-refractivity contribution in [3.8, 4) is 0 Å². The van der Waals surface area contributed by atoms with Crippen molar-refractivity contribution < 1.29 is 4.79 Å². The number of nitrogens with zero attached hydrogens (tertiary/aromatic N) is 2. The lowest BCUT2D eigenvalue weighted by Gasteiger charge is -2.08. The zero-order chi connectivity index (χ0) is 14.4. The van der Waals surface area contributed by atoms with Crippen molar-refractivity contribution in [2.45, 2.75) is 26.3 Å². The minimum atomic E-state index is -0.103. The Hall–Kier alpha value is -2.30. The van der Waals surface area contributed by atoms with Gasteiger partial charge in [0.1, 0.15) is 0 Å². The van der Waals surface area contributed by atoms with Crippen LogP contribution in [0.3, 0.4) is 0 Å². The summed E-state index contributed by atoms with van der Waals surface area (Å²) in [5.74, 6) is -0.103. The molecule has 2 rings (SSSR count). The fourth-order valence-electron chi connectivity index (χ4n) is 2.00. The molecule has 1 heterocycles. The molecular formula is C15H20N4O. The minimum absolute atomic E-state index is 0.103. The van der Waals surface area contributed by atoms with Crippen LogP contribution in [-0.4, -0.2) is 22.0 Å². The molecule has 0 saturated carbocycles. The summed E-state index contributed by atoms with van der Waals surface area (Å²) in [5.41, 5.74) is 7.92. The summed E-state index contributed by atoms with van der Waals surface area (Å²) in [6.07, 6.45) is 7.43. The highest BCUT2D eigenvalue weighted by Gasteiger charge is 2.08. The summed E-state index contributed by atoms with van der Waals surface area (Å²) < 4.78 is 2.03. The molecule has 0 bridgehead atoms. The third-order valence-corrected chi connectivity index (χ3v) is 3.14. The largest absolute Gasteiger partial charge is 0.398 e. The molecule has 20 heavy (non-hydrogen) atoms. The van der Waals surface area contributed by atoms with Gasteiger partial charge in [-0.15, -0.1) is 0 Å². The van der Waals surface area contributed by atoms with E-state index in [4.69, 9.17) is 5.73 Å². The minimum Gasteiger partial charge on any atom is -0.398 e. The van der Waals surface area contributed by atoms with E-state index < -0.39 is 0 Å². The molecule has 1 aromatic carbocycles. The molecule has 5 nitrogen and oxygen atoms in total. The Labute approximate surface area is 118 Å². The topological polar surface area (TPSA) is 72.9 Å². The van der Waals surface area contributed by atoms with Gasteiger partial charge in [-0.1, -0.05) is 11.6 Å². The molecule has 1 aromatic heterocycles. The number of unbranched alkanes of at least 4 members (excludes halogenated alkanes) is 1. The lowest BCUT2D eigenvalue weighted by atomic mass is 10.1. The Balaban J connectivity index is 1.73. The van der Waals surface area contributed by atoms with E-state index in [-0.39, 0.29) is 5.91 Å². The van der Waals surface area contributed by atoms with Crippen molar-refractivity contribution in [2.24, 2.45) is 0 Å². The number of amides is 1. The van der Waals surface area contributed by atoms with Gasteiger partial charge < -0.3 is 15.6 Å². The third-order valence-electron chi connectivity index (χ3n) is 3.14. The molecule has 0 aliphatic carbocycles. The Morgan fingerprint density at radius 2 is 2.25 bits per heavy atom. The number of carbonyl (C=O) groups is 1. The molecule has 2 aromatic rings. The third kappa shape index (κ3) is 3.85. The molecule has 3 N–H and O–H groups in total. The molecule has 0 atom stereocenters. The molecular weight excluding hydrogens is 252 g/mol. The summed E-state index contributed by atoms with van der Waals surface area (Å²) in [7, 11) is 0. The Morgan fingerprint density at radius 1 is 1.40 bits per heavy atom. The second kappa shape index (κ2) is 6.75. The van der Waals surface area contributed by atoms with Gasteiger partial charge in [0, 0.05) is 31.2 Å². The number of imidazole rings is 1. The van der Waals surface area contributed by atoms with Crippen LogP contribution >= 0.6 is 0 Å². The molecule has 0 saturated heterocycles. The first-order chi connectivity index (χ1) is 9.66. The van der Waals surface area contributed by atoms with Crippen molar-refractivity contribution in [1.29, 1.82) is 0 Å². The first-order valence-electron chi connectivity index (χ1n) is 6.77. The van der Waals surface area contributed by atoms with Crippen LogP contribution in [0.15, 0.2) is 36.9 Å². The van der Waals surface area contributed by atoms with Gasteiger partial charge >= 0.3 is 0 Å². The Morgan fingerprint density at radius 3 is 3.00 bits per heavy atom. The van der Waals surface area contributed by atoms with Crippen LogP contribution in [0.4, 0.5) is 5.69 Å². The number of hydrogen-bond acceptors (Lipinski definition) is 3. The highest BCUT2D eigenvalue weighted by atomic mass is 16.1. The van der Waals surface area contributed by atoms with E-state index in [1.807, 2.05) is 29.8 Å². The zero-order valence-electron chi connectivity index (χ0n) is 11.7. The average Bonchev–Trinajstić information content (AvgIpc) is 2.94. The van der Waals surface area contributed by atoms with E-state index in [0.717, 1.165) is 24.9 Å². The van der Waals surface area contributed by atoms with E-state index in [0.29, 0.717) is 17.8 Å². The van der Waals surface area contributed by atoms with Crippen molar-refractivity contribution >= 4 is 11.6 Å². The SMILES string of the molecule is Cc1ccc(N)c(C(=O)NCCCCn2ccnc2)c1. The molecule has 0 fully saturated rings. The molecule has 0 unspecified atom stereocenters. The quantitative estimate of drug-likeness (QED) is 0.624. The summed E-state index contributed by atoms with van der Waals surface area (Å²) in [6, 6.07) is 5.48. The maximum absolute atomic E-state index is 12.0. The fourth-order valence-corrected chi connectivity index (χ4v) is 2.00. The van der Waals surface area contributed by atoms with E-state index >= 15 is 0 Å². The first kappa shape index (κ1) is 14.1. The van der Waals surface area contributed by atoms with E-state index in [1.165, 1.54) is 0 Å². The van der Waals surface area contributed by atoms with E-state index in [9.17, 15) is 4.79 Å². The molecule has 5 heteroatoms. The summed E-state index contributed by atoms with van der Waals surface area (Å²) in [6.45, 7) is 3.52. The van der Waals surface area contributed by atoms with Crippen LogP contribution in [0.5, 0.6) is 0 Å².